The molecule has 1 aromatic heterocycles. The average Bonchev–Trinajstić information content (AvgIpc) is 3.01. The Morgan fingerprint density at radius 1 is 1.17 bits per heavy atom. The van der Waals surface area contributed by atoms with E-state index in [1.165, 1.54) is 13.2 Å². The molecule has 4 heteroatoms. The Kier molecular flexibility index (Phi) is 4.43. The van der Waals surface area contributed by atoms with Crippen molar-refractivity contribution in [3.05, 3.63) is 71.9 Å². The third kappa shape index (κ3) is 3.61. The second kappa shape index (κ2) is 6.83. The van der Waals surface area contributed by atoms with E-state index in [4.69, 9.17) is 4.74 Å². The van der Waals surface area contributed by atoms with Crippen LogP contribution in [0.5, 0.6) is 5.75 Å². The van der Waals surface area contributed by atoms with Gasteiger partial charge in [-0.05, 0) is 29.8 Å². The first-order valence-electron chi connectivity index (χ1n) is 7.30. The van der Waals surface area contributed by atoms with E-state index in [0.717, 1.165) is 27.8 Å². The van der Waals surface area contributed by atoms with E-state index in [1.54, 1.807) is 6.08 Å². The van der Waals surface area contributed by atoms with Crippen LogP contribution in [0.25, 0.3) is 17.0 Å². The number of carbonyl (C=O) groups excluding carboxylic acids is 1. The first-order valence-corrected chi connectivity index (χ1v) is 7.30. The Bertz CT molecular complexity index is 834. The van der Waals surface area contributed by atoms with Crippen LogP contribution in [0.1, 0.15) is 11.1 Å². The molecule has 0 aliphatic carbocycles. The van der Waals surface area contributed by atoms with E-state index in [9.17, 15) is 4.79 Å². The summed E-state index contributed by atoms with van der Waals surface area (Å²) in [4.78, 5) is 14.4. The molecule has 0 amide bonds. The Morgan fingerprint density at radius 2 is 2.00 bits per heavy atom. The first kappa shape index (κ1) is 14.9. The standard InChI is InChI=1S/C19H17NO3/c1-22-19(21)10-7-15-12-20-18-9-8-16(11-17(15)18)23-13-14-5-3-2-4-6-14/h2-12,20H,13H2,1H3. The van der Waals surface area contributed by atoms with E-state index in [-0.39, 0.29) is 5.97 Å². The third-order valence-corrected chi connectivity index (χ3v) is 3.53. The second-order valence-electron chi connectivity index (χ2n) is 5.08. The Balaban J connectivity index is 1.80. The molecule has 0 saturated carbocycles. The number of nitrogens with one attached hydrogen (secondary N) is 1. The zero-order valence-electron chi connectivity index (χ0n) is 12.8. The number of aromatic nitrogens is 1. The van der Waals surface area contributed by atoms with Gasteiger partial charge in [0.25, 0.3) is 0 Å². The summed E-state index contributed by atoms with van der Waals surface area (Å²) in [5.74, 6) is 0.407. The van der Waals surface area contributed by atoms with Crippen LogP contribution in [0.2, 0.25) is 0 Å². The second-order valence-corrected chi connectivity index (χ2v) is 5.08. The molecule has 0 aliphatic heterocycles. The summed E-state index contributed by atoms with van der Waals surface area (Å²) in [5, 5.41) is 0.996. The van der Waals surface area contributed by atoms with Gasteiger partial charge in [-0.1, -0.05) is 30.3 Å². The molecule has 1 N–H and O–H groups in total. The molecule has 0 spiro atoms. The number of benzene rings is 2. The number of methoxy groups -OCH3 is 1. The van der Waals surface area contributed by atoms with Gasteiger partial charge in [0.2, 0.25) is 0 Å². The summed E-state index contributed by atoms with van der Waals surface area (Å²) in [6.07, 6.45) is 4.98. The molecule has 0 unspecified atom stereocenters. The lowest BCUT2D eigenvalue weighted by atomic mass is 10.1. The van der Waals surface area contributed by atoms with Crippen molar-refractivity contribution in [2.45, 2.75) is 6.61 Å². The van der Waals surface area contributed by atoms with Crippen LogP contribution in [0, 0.1) is 0 Å². The first-order chi connectivity index (χ1) is 11.3. The zero-order valence-corrected chi connectivity index (χ0v) is 12.8. The lowest BCUT2D eigenvalue weighted by molar-refractivity contribution is -0.134. The fourth-order valence-corrected chi connectivity index (χ4v) is 2.32. The molecule has 0 bridgehead atoms. The molecule has 2 aromatic carbocycles. The smallest absolute Gasteiger partial charge is 0.330 e. The average molecular weight is 307 g/mol. The topological polar surface area (TPSA) is 51.3 Å². The van der Waals surface area contributed by atoms with Crippen molar-refractivity contribution < 1.29 is 14.3 Å². The maximum Gasteiger partial charge on any atom is 0.330 e. The number of hydrogen-bond donors (Lipinski definition) is 1. The van der Waals surface area contributed by atoms with Crippen LogP contribution in [0.3, 0.4) is 0 Å². The number of aromatic amines is 1. The van der Waals surface area contributed by atoms with Gasteiger partial charge in [-0.2, -0.15) is 0 Å². The van der Waals surface area contributed by atoms with Crippen molar-refractivity contribution in [3.8, 4) is 5.75 Å². The summed E-state index contributed by atoms with van der Waals surface area (Å²) in [7, 11) is 1.36. The number of esters is 1. The highest BCUT2D eigenvalue weighted by molar-refractivity contribution is 5.94. The van der Waals surface area contributed by atoms with Gasteiger partial charge < -0.3 is 14.5 Å². The van der Waals surface area contributed by atoms with E-state index >= 15 is 0 Å². The van der Waals surface area contributed by atoms with Crippen LogP contribution in [0.4, 0.5) is 0 Å². The van der Waals surface area contributed by atoms with Crippen molar-refractivity contribution in [2.24, 2.45) is 0 Å². The summed E-state index contributed by atoms with van der Waals surface area (Å²) in [6, 6.07) is 15.9. The van der Waals surface area contributed by atoms with Crippen LogP contribution in [-0.2, 0) is 16.1 Å². The minimum absolute atomic E-state index is 0.379. The minimum Gasteiger partial charge on any atom is -0.489 e. The van der Waals surface area contributed by atoms with Crippen molar-refractivity contribution in [3.63, 3.8) is 0 Å². The summed E-state index contributed by atoms with van der Waals surface area (Å²) >= 11 is 0. The number of H-pyrrole nitrogens is 1. The van der Waals surface area contributed by atoms with E-state index in [2.05, 4.69) is 9.72 Å². The number of ether oxygens (including phenoxy) is 2. The van der Waals surface area contributed by atoms with Gasteiger partial charge in [0.1, 0.15) is 12.4 Å². The van der Waals surface area contributed by atoms with Gasteiger partial charge in [0, 0.05) is 28.7 Å². The lowest BCUT2D eigenvalue weighted by Crippen LogP contribution is -1.94. The molecular weight excluding hydrogens is 290 g/mol. The van der Waals surface area contributed by atoms with Crippen molar-refractivity contribution in [1.29, 1.82) is 0 Å². The Hall–Kier alpha value is -3.01. The number of fused-ring (bicyclic) bond motifs is 1. The lowest BCUT2D eigenvalue weighted by Gasteiger charge is -2.06. The van der Waals surface area contributed by atoms with Gasteiger partial charge in [-0.3, -0.25) is 0 Å². The number of rotatable bonds is 5. The fraction of sp³-hybridized carbons (Fsp3) is 0.105. The molecule has 1 heterocycles. The molecule has 23 heavy (non-hydrogen) atoms. The molecule has 0 saturated heterocycles. The molecular formula is C19H17NO3. The Labute approximate surface area is 134 Å². The third-order valence-electron chi connectivity index (χ3n) is 3.53. The highest BCUT2D eigenvalue weighted by Gasteiger charge is 2.04. The molecule has 4 nitrogen and oxygen atoms in total. The predicted molar refractivity (Wildman–Crippen MR) is 90.1 cm³/mol. The summed E-state index contributed by atoms with van der Waals surface area (Å²) < 4.78 is 10.5. The maximum absolute atomic E-state index is 11.2. The van der Waals surface area contributed by atoms with Crippen molar-refractivity contribution in [1.82, 2.24) is 4.98 Å². The molecule has 0 fully saturated rings. The molecule has 3 aromatic rings. The SMILES string of the molecule is COC(=O)C=Cc1c[nH]c2ccc(OCc3ccccc3)cc12. The molecule has 3 rings (SSSR count). The van der Waals surface area contributed by atoms with Crippen LogP contribution in [0.15, 0.2) is 60.8 Å². The summed E-state index contributed by atoms with van der Waals surface area (Å²) in [5.41, 5.74) is 3.02. The quantitative estimate of drug-likeness (QED) is 0.574. The number of carbonyl (C=O) groups is 1. The Morgan fingerprint density at radius 3 is 2.78 bits per heavy atom. The molecule has 116 valence electrons. The van der Waals surface area contributed by atoms with Gasteiger partial charge in [-0.25, -0.2) is 4.79 Å². The minimum atomic E-state index is -0.379. The van der Waals surface area contributed by atoms with Gasteiger partial charge in [-0.15, -0.1) is 0 Å². The van der Waals surface area contributed by atoms with E-state index in [0.29, 0.717) is 6.61 Å². The normalized spacial score (nSPS) is 11.0. The molecule has 0 radical (unpaired) electrons. The monoisotopic (exact) mass is 307 g/mol. The van der Waals surface area contributed by atoms with Gasteiger partial charge in [0.05, 0.1) is 7.11 Å². The zero-order chi connectivity index (χ0) is 16.1. The number of hydrogen-bond acceptors (Lipinski definition) is 3. The van der Waals surface area contributed by atoms with Crippen LogP contribution < -0.4 is 4.74 Å². The van der Waals surface area contributed by atoms with E-state index in [1.807, 2.05) is 54.7 Å². The fourth-order valence-electron chi connectivity index (χ4n) is 2.32. The highest BCUT2D eigenvalue weighted by atomic mass is 16.5. The van der Waals surface area contributed by atoms with E-state index < -0.39 is 0 Å². The van der Waals surface area contributed by atoms with Crippen molar-refractivity contribution >= 4 is 22.9 Å². The van der Waals surface area contributed by atoms with Crippen molar-refractivity contribution in [2.75, 3.05) is 7.11 Å². The molecule has 0 atom stereocenters. The van der Waals surface area contributed by atoms with Gasteiger partial charge in [0.15, 0.2) is 0 Å². The van der Waals surface area contributed by atoms with Crippen LogP contribution in [-0.4, -0.2) is 18.1 Å². The maximum atomic E-state index is 11.2. The van der Waals surface area contributed by atoms with Gasteiger partial charge >= 0.3 is 5.97 Å². The highest BCUT2D eigenvalue weighted by Crippen LogP contribution is 2.25. The van der Waals surface area contributed by atoms with Crippen LogP contribution >= 0.6 is 0 Å². The summed E-state index contributed by atoms with van der Waals surface area (Å²) in [6.45, 7) is 0.518. The predicted octanol–water partition coefficient (Wildman–Crippen LogP) is 3.93. The molecule has 0 aliphatic rings. The largest absolute Gasteiger partial charge is 0.489 e.